The lowest BCUT2D eigenvalue weighted by Crippen LogP contribution is -2.23. The summed E-state index contributed by atoms with van der Waals surface area (Å²) in [4.78, 5) is 5.71. The van der Waals surface area contributed by atoms with Crippen LogP contribution in [0.5, 0.6) is 0 Å². The fourth-order valence-corrected chi connectivity index (χ4v) is 3.46. The second-order valence-electron chi connectivity index (χ2n) is 4.50. The summed E-state index contributed by atoms with van der Waals surface area (Å²) < 4.78 is 0. The van der Waals surface area contributed by atoms with E-state index in [9.17, 15) is 0 Å². The van der Waals surface area contributed by atoms with E-state index in [1.165, 1.54) is 43.6 Å². The lowest BCUT2D eigenvalue weighted by molar-refractivity contribution is 0.256. The van der Waals surface area contributed by atoms with Gasteiger partial charge in [-0.3, -0.25) is 4.90 Å². The highest BCUT2D eigenvalue weighted by molar-refractivity contribution is 7.12. The summed E-state index contributed by atoms with van der Waals surface area (Å²) in [6.45, 7) is 7.08. The minimum atomic E-state index is 0.732. The van der Waals surface area contributed by atoms with Crippen LogP contribution in [0.4, 0.5) is 0 Å². The summed E-state index contributed by atoms with van der Waals surface area (Å²) in [6.07, 6.45) is 5.41. The smallest absolute Gasteiger partial charge is 0.0442 e. The van der Waals surface area contributed by atoms with Crippen LogP contribution in [-0.2, 0) is 0 Å². The minimum Gasteiger partial charge on any atom is -0.296 e. The number of hydrogen-bond acceptors (Lipinski definition) is 2. The summed E-state index contributed by atoms with van der Waals surface area (Å²) >= 11 is 1.98. The molecule has 1 saturated heterocycles. The Labute approximate surface area is 97.1 Å². The van der Waals surface area contributed by atoms with Crippen molar-refractivity contribution in [3.05, 3.63) is 21.9 Å². The summed E-state index contributed by atoms with van der Waals surface area (Å²) in [5, 5.41) is 0. The van der Waals surface area contributed by atoms with Crippen LogP contribution in [-0.4, -0.2) is 18.0 Å². The number of likely N-dealkylation sites (tertiary alicyclic amines) is 1. The van der Waals surface area contributed by atoms with Gasteiger partial charge >= 0.3 is 0 Å². The highest BCUT2D eigenvalue weighted by Gasteiger charge is 2.26. The third-order valence-electron chi connectivity index (χ3n) is 3.25. The van der Waals surface area contributed by atoms with E-state index in [1.807, 2.05) is 11.3 Å². The molecule has 84 valence electrons. The molecule has 0 saturated carbocycles. The van der Waals surface area contributed by atoms with Crippen LogP contribution in [0.25, 0.3) is 0 Å². The average molecular weight is 223 g/mol. The largest absolute Gasteiger partial charge is 0.296 e. The molecular formula is C13H21NS. The highest BCUT2D eigenvalue weighted by Crippen LogP contribution is 2.35. The molecule has 0 bridgehead atoms. The quantitative estimate of drug-likeness (QED) is 0.746. The lowest BCUT2D eigenvalue weighted by Gasteiger charge is -2.23. The molecule has 1 aliphatic heterocycles. The predicted molar refractivity (Wildman–Crippen MR) is 67.5 cm³/mol. The zero-order valence-corrected chi connectivity index (χ0v) is 10.6. The number of aryl methyl sites for hydroxylation is 1. The van der Waals surface area contributed by atoms with Gasteiger partial charge in [-0.05, 0) is 51.4 Å². The first-order valence-corrected chi connectivity index (χ1v) is 6.93. The van der Waals surface area contributed by atoms with Gasteiger partial charge in [0, 0.05) is 15.8 Å². The third-order valence-corrected chi connectivity index (χ3v) is 4.35. The van der Waals surface area contributed by atoms with Gasteiger partial charge < -0.3 is 0 Å². The predicted octanol–water partition coefficient (Wildman–Crippen LogP) is 3.99. The van der Waals surface area contributed by atoms with Gasteiger partial charge in [-0.25, -0.2) is 0 Å². The number of unbranched alkanes of at least 4 members (excludes halogenated alkanes) is 1. The van der Waals surface area contributed by atoms with Crippen molar-refractivity contribution in [2.45, 2.75) is 45.6 Å². The highest BCUT2D eigenvalue weighted by atomic mass is 32.1. The maximum atomic E-state index is 2.68. The molecule has 2 heteroatoms. The summed E-state index contributed by atoms with van der Waals surface area (Å²) in [6, 6.07) is 5.32. The summed E-state index contributed by atoms with van der Waals surface area (Å²) in [7, 11) is 0. The maximum Gasteiger partial charge on any atom is 0.0442 e. The molecule has 0 aliphatic carbocycles. The monoisotopic (exact) mass is 223 g/mol. The van der Waals surface area contributed by atoms with Crippen molar-refractivity contribution in [3.63, 3.8) is 0 Å². The zero-order chi connectivity index (χ0) is 10.7. The Hall–Kier alpha value is -0.340. The van der Waals surface area contributed by atoms with Gasteiger partial charge in [0.05, 0.1) is 0 Å². The fourth-order valence-electron chi connectivity index (χ4n) is 2.41. The first-order valence-electron chi connectivity index (χ1n) is 6.11. The van der Waals surface area contributed by atoms with Crippen LogP contribution in [0.2, 0.25) is 0 Å². The van der Waals surface area contributed by atoms with E-state index in [4.69, 9.17) is 0 Å². The minimum absolute atomic E-state index is 0.732. The lowest BCUT2D eigenvalue weighted by atomic mass is 10.2. The Morgan fingerprint density at radius 1 is 1.47 bits per heavy atom. The van der Waals surface area contributed by atoms with Crippen molar-refractivity contribution in [1.82, 2.24) is 4.90 Å². The first-order chi connectivity index (χ1) is 7.31. The molecule has 1 aromatic rings. The van der Waals surface area contributed by atoms with E-state index < -0.39 is 0 Å². The Balaban J connectivity index is 2.01. The Bertz CT molecular complexity index is 305. The van der Waals surface area contributed by atoms with E-state index in [0.29, 0.717) is 0 Å². The van der Waals surface area contributed by atoms with Crippen molar-refractivity contribution in [2.24, 2.45) is 0 Å². The van der Waals surface area contributed by atoms with Gasteiger partial charge in [-0.15, -0.1) is 11.3 Å². The molecule has 0 spiro atoms. The van der Waals surface area contributed by atoms with E-state index >= 15 is 0 Å². The van der Waals surface area contributed by atoms with Crippen molar-refractivity contribution < 1.29 is 0 Å². The second kappa shape index (κ2) is 5.13. The molecule has 15 heavy (non-hydrogen) atoms. The summed E-state index contributed by atoms with van der Waals surface area (Å²) in [5.74, 6) is 0. The summed E-state index contributed by atoms with van der Waals surface area (Å²) in [5.41, 5.74) is 0. The van der Waals surface area contributed by atoms with Crippen LogP contribution >= 0.6 is 11.3 Å². The van der Waals surface area contributed by atoms with Gasteiger partial charge in [0.15, 0.2) is 0 Å². The Morgan fingerprint density at radius 2 is 2.33 bits per heavy atom. The SMILES string of the molecule is CCCCN1CCCC1c1ccc(C)s1. The van der Waals surface area contributed by atoms with Crippen molar-refractivity contribution in [1.29, 1.82) is 0 Å². The molecule has 0 amide bonds. The Morgan fingerprint density at radius 3 is 3.00 bits per heavy atom. The third kappa shape index (κ3) is 2.61. The van der Waals surface area contributed by atoms with Crippen LogP contribution in [0.1, 0.15) is 48.4 Å². The molecule has 1 nitrogen and oxygen atoms in total. The van der Waals surface area contributed by atoms with Crippen LogP contribution in [0, 0.1) is 6.92 Å². The molecule has 2 rings (SSSR count). The van der Waals surface area contributed by atoms with Crippen molar-refractivity contribution in [3.8, 4) is 0 Å². The van der Waals surface area contributed by atoms with E-state index in [1.54, 1.807) is 4.88 Å². The number of thiophene rings is 1. The number of rotatable bonds is 4. The molecule has 0 aromatic carbocycles. The van der Waals surface area contributed by atoms with Crippen molar-refractivity contribution >= 4 is 11.3 Å². The van der Waals surface area contributed by atoms with Crippen LogP contribution in [0.3, 0.4) is 0 Å². The van der Waals surface area contributed by atoms with Gasteiger partial charge in [0.2, 0.25) is 0 Å². The molecule has 0 radical (unpaired) electrons. The topological polar surface area (TPSA) is 3.24 Å². The normalized spacial score (nSPS) is 22.4. The molecule has 0 N–H and O–H groups in total. The van der Waals surface area contributed by atoms with E-state index in [-0.39, 0.29) is 0 Å². The average Bonchev–Trinajstić information content (AvgIpc) is 2.82. The molecule has 1 aliphatic rings. The number of nitrogens with zero attached hydrogens (tertiary/aromatic N) is 1. The zero-order valence-electron chi connectivity index (χ0n) is 9.83. The molecule has 1 unspecified atom stereocenters. The second-order valence-corrected chi connectivity index (χ2v) is 5.82. The van der Waals surface area contributed by atoms with E-state index in [2.05, 4.69) is 30.9 Å². The fraction of sp³-hybridized carbons (Fsp3) is 0.692. The van der Waals surface area contributed by atoms with Crippen molar-refractivity contribution in [2.75, 3.05) is 13.1 Å². The van der Waals surface area contributed by atoms with Gasteiger partial charge in [-0.2, -0.15) is 0 Å². The van der Waals surface area contributed by atoms with Gasteiger partial charge in [0.25, 0.3) is 0 Å². The van der Waals surface area contributed by atoms with Crippen LogP contribution in [0.15, 0.2) is 12.1 Å². The molecule has 1 fully saturated rings. The molecule has 1 atom stereocenters. The maximum absolute atomic E-state index is 2.68. The van der Waals surface area contributed by atoms with Crippen LogP contribution < -0.4 is 0 Å². The number of hydrogen-bond donors (Lipinski definition) is 0. The Kier molecular flexibility index (Phi) is 3.81. The van der Waals surface area contributed by atoms with Gasteiger partial charge in [0.1, 0.15) is 0 Å². The molecular weight excluding hydrogens is 202 g/mol. The van der Waals surface area contributed by atoms with Gasteiger partial charge in [-0.1, -0.05) is 13.3 Å². The molecule has 1 aromatic heterocycles. The first kappa shape index (κ1) is 11.2. The molecule has 2 heterocycles. The van der Waals surface area contributed by atoms with E-state index in [0.717, 1.165) is 6.04 Å². The standard InChI is InChI=1S/C13H21NS/c1-3-4-9-14-10-5-6-12(14)13-8-7-11(2)15-13/h7-8,12H,3-6,9-10H2,1-2H3.